The summed E-state index contributed by atoms with van der Waals surface area (Å²) in [5.41, 5.74) is 5.55. The van der Waals surface area contributed by atoms with E-state index in [1.807, 2.05) is 0 Å². The number of benzene rings is 2. The van der Waals surface area contributed by atoms with Crippen LogP contribution in [0.3, 0.4) is 0 Å². The van der Waals surface area contributed by atoms with E-state index in [-0.39, 0.29) is 50.7 Å². The van der Waals surface area contributed by atoms with Crippen LogP contribution in [-0.2, 0) is 32.3 Å². The Bertz CT molecular complexity index is 782. The first kappa shape index (κ1) is 20.3. The van der Waals surface area contributed by atoms with Gasteiger partial charge in [-0.3, -0.25) is 0 Å². The number of hydrogen-bond donors (Lipinski definition) is 0. The van der Waals surface area contributed by atoms with Crippen molar-refractivity contribution < 1.29 is 50.7 Å². The maximum atomic E-state index is 2.49. The average Bonchev–Trinajstić information content (AvgIpc) is 2.87. The first-order valence-electron chi connectivity index (χ1n) is 7.34. The van der Waals surface area contributed by atoms with E-state index in [4.69, 9.17) is 0 Å². The van der Waals surface area contributed by atoms with Gasteiger partial charge in [-0.05, 0) is 30.2 Å². The largest absolute Gasteiger partial charge is 1.00 e. The van der Waals surface area contributed by atoms with Gasteiger partial charge in [0.25, 0.3) is 0 Å². The zero-order valence-electron chi connectivity index (χ0n) is 13.0. The number of rotatable bonds is 1. The Morgan fingerprint density at radius 2 is 1.70 bits per heavy atom. The Balaban J connectivity index is 0.000000882. The van der Waals surface area contributed by atoms with E-state index in [0.29, 0.717) is 0 Å². The molecule has 0 saturated carbocycles. The molecule has 0 aromatic heterocycles. The maximum Gasteiger partial charge on any atom is 0.0436 e. The number of aryl methyl sites for hydroxylation is 2. The zero-order valence-corrected chi connectivity index (χ0v) is 18.1. The molecule has 0 aliphatic carbocycles. The Morgan fingerprint density at radius 1 is 0.957 bits per heavy atom. The smallest absolute Gasteiger partial charge is 0.0436 e. The van der Waals surface area contributed by atoms with Gasteiger partial charge in [0.2, 0.25) is 0 Å². The van der Waals surface area contributed by atoms with Crippen LogP contribution in [0.1, 0.15) is 17.5 Å². The number of para-hydroxylation sites is 1. The van der Waals surface area contributed by atoms with E-state index in [2.05, 4.69) is 66.4 Å². The molecule has 0 bridgehead atoms. The van der Waals surface area contributed by atoms with Crippen LogP contribution in [0, 0.1) is 6.92 Å². The van der Waals surface area contributed by atoms with Crippen LogP contribution in [0.5, 0.6) is 0 Å². The van der Waals surface area contributed by atoms with E-state index in [1.54, 1.807) is 0 Å². The van der Waals surface area contributed by atoms with Gasteiger partial charge >= 0.3 is 0 Å². The fraction of sp³-hybridized carbons (Fsp3) is 0.211. The Hall–Kier alpha value is -0.700. The molecule has 1 aliphatic heterocycles. The molecule has 1 heterocycles. The van der Waals surface area contributed by atoms with Crippen LogP contribution in [0.25, 0.3) is 10.8 Å². The first-order valence-corrected chi connectivity index (χ1v) is 7.34. The minimum absolute atomic E-state index is 0. The van der Waals surface area contributed by atoms with Crippen molar-refractivity contribution >= 4 is 22.1 Å². The molecule has 23 heavy (non-hydrogen) atoms. The van der Waals surface area contributed by atoms with Crippen LogP contribution < -0.4 is 29.7 Å². The molecule has 0 N–H and O–H groups in total. The number of anilines is 2. The van der Waals surface area contributed by atoms with Crippen molar-refractivity contribution in [2.24, 2.45) is 0 Å². The summed E-state index contributed by atoms with van der Waals surface area (Å²) in [6.45, 7) is 3.29. The normalized spacial score (nSPS) is 12.7. The first-order chi connectivity index (χ1) is 9.83. The van der Waals surface area contributed by atoms with Crippen molar-refractivity contribution in [2.75, 3.05) is 11.4 Å². The van der Waals surface area contributed by atoms with E-state index in [9.17, 15) is 0 Å². The zero-order chi connectivity index (χ0) is 13.5. The van der Waals surface area contributed by atoms with Crippen molar-refractivity contribution in [2.45, 2.75) is 19.8 Å². The number of hydrogen-bond acceptors (Lipinski definition) is 1. The van der Waals surface area contributed by atoms with Crippen LogP contribution >= 0.6 is 0 Å². The fourth-order valence-electron chi connectivity index (χ4n) is 3.39. The summed E-state index contributed by atoms with van der Waals surface area (Å²) in [5, 5.41) is 2.73. The van der Waals surface area contributed by atoms with Gasteiger partial charge in [0.15, 0.2) is 0 Å². The van der Waals surface area contributed by atoms with Gasteiger partial charge in [-0.1, -0.05) is 31.2 Å². The van der Waals surface area contributed by atoms with Gasteiger partial charge in [0.05, 0.1) is 0 Å². The fourth-order valence-corrected chi connectivity index (χ4v) is 3.39. The van der Waals surface area contributed by atoms with Gasteiger partial charge in [-0.15, -0.1) is 34.5 Å². The topological polar surface area (TPSA) is 3.24 Å². The van der Waals surface area contributed by atoms with Crippen molar-refractivity contribution in [3.8, 4) is 0 Å². The van der Waals surface area contributed by atoms with E-state index in [1.165, 1.54) is 46.1 Å². The number of nitrogens with zero attached hydrogens (tertiary/aromatic N) is 1. The molecule has 4 heteroatoms. The monoisotopic (exact) mass is 510 g/mol. The summed E-state index contributed by atoms with van der Waals surface area (Å²) in [7, 11) is 0. The molecule has 0 radical (unpaired) electrons. The Labute approximate surface area is 169 Å². The molecule has 0 fully saturated rings. The molecule has 3 aromatic rings. The third-order valence-corrected chi connectivity index (χ3v) is 4.27. The van der Waals surface area contributed by atoms with E-state index >= 15 is 0 Å². The molecule has 3 aromatic carbocycles. The van der Waals surface area contributed by atoms with Crippen LogP contribution in [0.15, 0.2) is 54.6 Å². The molecule has 1 aliphatic rings. The van der Waals surface area contributed by atoms with Crippen molar-refractivity contribution in [3.63, 3.8) is 0 Å². The van der Waals surface area contributed by atoms with Crippen LogP contribution in [0.2, 0.25) is 0 Å². The maximum absolute atomic E-state index is 2.49. The summed E-state index contributed by atoms with van der Waals surface area (Å²) in [4.78, 5) is 2.49. The van der Waals surface area contributed by atoms with Crippen LogP contribution in [0.4, 0.5) is 11.4 Å². The molecule has 120 valence electrons. The predicted molar refractivity (Wildman–Crippen MR) is 86.0 cm³/mol. The van der Waals surface area contributed by atoms with Gasteiger partial charge in [-0.2, -0.15) is 6.07 Å². The minimum Gasteiger partial charge on any atom is -1.00 e. The second kappa shape index (κ2) is 8.41. The van der Waals surface area contributed by atoms with Crippen molar-refractivity contribution in [1.82, 2.24) is 0 Å². The molecule has 0 unspecified atom stereocenters. The third-order valence-electron chi connectivity index (χ3n) is 4.27. The predicted octanol–water partition coefficient (Wildman–Crippen LogP) is -1.04. The third kappa shape index (κ3) is 3.70. The standard InChI is InChI=1S/C19H18N.2ClH.Hf/c1-14-12-16-7-4-10-19(17(16)13-14)20-11-5-8-15-6-2-3-9-18(15)20;;;/h2-4,6-7,9-10,12-13H,5,8,11H2,1H3;2*1H;/q-1;;;/p-2. The molecule has 0 spiro atoms. The van der Waals surface area contributed by atoms with Crippen molar-refractivity contribution in [1.29, 1.82) is 0 Å². The molecular formula is C19H18Cl2HfN-3. The Morgan fingerprint density at radius 3 is 2.52 bits per heavy atom. The second-order valence-corrected chi connectivity index (χ2v) is 5.70. The summed E-state index contributed by atoms with van der Waals surface area (Å²) >= 11 is 0. The van der Waals surface area contributed by atoms with Gasteiger partial charge in [0, 0.05) is 38.1 Å². The van der Waals surface area contributed by atoms with E-state index < -0.39 is 0 Å². The summed E-state index contributed by atoms with van der Waals surface area (Å²) in [5.74, 6) is 0. The molecule has 1 nitrogen and oxygen atoms in total. The van der Waals surface area contributed by atoms with Gasteiger partial charge in [-0.25, -0.2) is 0 Å². The average molecular weight is 510 g/mol. The summed E-state index contributed by atoms with van der Waals surface area (Å²) in [6.07, 6.45) is 2.43. The van der Waals surface area contributed by atoms with Gasteiger partial charge < -0.3 is 29.7 Å². The Kier molecular flexibility index (Phi) is 7.44. The van der Waals surface area contributed by atoms with Crippen molar-refractivity contribution in [3.05, 3.63) is 65.7 Å². The molecule has 0 atom stereocenters. The molecule has 0 amide bonds. The SMILES string of the molecule is Cc1cc2c(N3CCCc4ccccc43)cccc2[cH-]1.[Cl-].[Cl-].[Hf]. The quantitative estimate of drug-likeness (QED) is 0.299. The van der Waals surface area contributed by atoms with E-state index in [0.717, 1.165) is 6.54 Å². The number of fused-ring (bicyclic) bond motifs is 2. The minimum atomic E-state index is 0. The van der Waals surface area contributed by atoms with Gasteiger partial charge in [0.1, 0.15) is 0 Å². The summed E-state index contributed by atoms with van der Waals surface area (Å²) < 4.78 is 0. The molecular weight excluding hydrogens is 492 g/mol. The second-order valence-electron chi connectivity index (χ2n) is 5.70. The summed E-state index contributed by atoms with van der Waals surface area (Å²) in [6, 6.07) is 20.0. The number of halogens is 2. The molecule has 0 saturated heterocycles. The molecule has 4 rings (SSSR count). The van der Waals surface area contributed by atoms with Crippen LogP contribution in [-0.4, -0.2) is 6.54 Å².